The maximum Gasteiger partial charge on any atom is 0.134 e. The van der Waals surface area contributed by atoms with Crippen LogP contribution in [0.15, 0.2) is 34.9 Å². The molecule has 2 aromatic rings. The lowest BCUT2D eigenvalue weighted by molar-refractivity contribution is 0.0905. The Balaban J connectivity index is 1.84. The molecule has 2 atom stereocenters. The topological polar surface area (TPSA) is 34.4 Å². The molecule has 0 radical (unpaired) electrons. The summed E-state index contributed by atoms with van der Waals surface area (Å²) in [6, 6.07) is 8.70. The fraction of sp³-hybridized carbons (Fsp3) is 0.500. The smallest absolute Gasteiger partial charge is 0.134 e. The molecule has 2 unspecified atom stereocenters. The number of rotatable bonds is 4. The Bertz CT molecular complexity index is 546. The molecule has 0 amide bonds. The molecule has 1 aliphatic rings. The molecule has 1 saturated heterocycles. The molecule has 0 aliphatic carbocycles. The third-order valence-electron chi connectivity index (χ3n) is 3.82. The second kappa shape index (κ2) is 5.35. The highest BCUT2D eigenvalue weighted by Gasteiger charge is 2.31. The van der Waals surface area contributed by atoms with E-state index in [0.717, 1.165) is 25.2 Å². The Kier molecular flexibility index (Phi) is 3.58. The van der Waals surface area contributed by atoms with Crippen molar-refractivity contribution < 1.29 is 9.15 Å². The number of nitrogens with one attached hydrogen (secondary N) is 1. The molecule has 3 rings (SSSR count). The van der Waals surface area contributed by atoms with Crippen molar-refractivity contribution in [3.05, 3.63) is 36.1 Å². The fourth-order valence-electron chi connectivity index (χ4n) is 2.79. The van der Waals surface area contributed by atoms with Gasteiger partial charge >= 0.3 is 0 Å². The van der Waals surface area contributed by atoms with Gasteiger partial charge in [0.2, 0.25) is 0 Å². The molecule has 0 spiro atoms. The Morgan fingerprint density at radius 1 is 1.32 bits per heavy atom. The first kappa shape index (κ1) is 12.7. The zero-order valence-corrected chi connectivity index (χ0v) is 11.6. The van der Waals surface area contributed by atoms with Crippen molar-refractivity contribution in [1.82, 2.24) is 5.32 Å². The molecule has 102 valence electrons. The summed E-state index contributed by atoms with van der Waals surface area (Å²) in [5.41, 5.74) is 2.15. The van der Waals surface area contributed by atoms with Crippen molar-refractivity contribution in [1.29, 1.82) is 0 Å². The van der Waals surface area contributed by atoms with Gasteiger partial charge in [-0.25, -0.2) is 0 Å². The van der Waals surface area contributed by atoms with Gasteiger partial charge in [-0.1, -0.05) is 32.0 Å². The minimum absolute atomic E-state index is 0.162. The zero-order valence-electron chi connectivity index (χ0n) is 11.6. The molecule has 2 heterocycles. The highest BCUT2D eigenvalue weighted by molar-refractivity contribution is 5.81. The highest BCUT2D eigenvalue weighted by atomic mass is 16.5. The number of fused-ring (bicyclic) bond motifs is 1. The maximum absolute atomic E-state index is 5.95. The molecule has 1 N–H and O–H groups in total. The number of hydrogen-bond acceptors (Lipinski definition) is 3. The Morgan fingerprint density at radius 3 is 3.00 bits per heavy atom. The number of para-hydroxylation sites is 1. The van der Waals surface area contributed by atoms with Crippen LogP contribution in [-0.2, 0) is 4.74 Å². The molecule has 1 fully saturated rings. The van der Waals surface area contributed by atoms with Gasteiger partial charge in [-0.05, 0) is 12.5 Å². The minimum atomic E-state index is 0.162. The Morgan fingerprint density at radius 2 is 2.16 bits per heavy atom. The van der Waals surface area contributed by atoms with Crippen LogP contribution in [0.4, 0.5) is 0 Å². The van der Waals surface area contributed by atoms with Gasteiger partial charge in [0.25, 0.3) is 0 Å². The number of benzene rings is 1. The number of furan rings is 1. The number of hydrogen-bond donors (Lipinski definition) is 1. The third-order valence-corrected chi connectivity index (χ3v) is 3.82. The molecule has 0 bridgehead atoms. The first-order chi connectivity index (χ1) is 9.25. The Labute approximate surface area is 113 Å². The summed E-state index contributed by atoms with van der Waals surface area (Å²) in [6.07, 6.45) is 3.14. The van der Waals surface area contributed by atoms with Crippen molar-refractivity contribution in [2.75, 3.05) is 13.2 Å². The molecule has 3 heteroatoms. The summed E-state index contributed by atoms with van der Waals surface area (Å²) in [4.78, 5) is 0. The molecule has 1 aliphatic heterocycles. The van der Waals surface area contributed by atoms with Gasteiger partial charge in [0.05, 0.1) is 12.4 Å². The van der Waals surface area contributed by atoms with E-state index in [4.69, 9.17) is 9.15 Å². The van der Waals surface area contributed by atoms with Gasteiger partial charge in [-0.15, -0.1) is 0 Å². The Hall–Kier alpha value is -1.32. The standard InChI is InChI=1S/C16H21NO2/c1-11(2)17-9-12-7-8-18-16(12)14-10-19-15-6-4-3-5-13(14)15/h3-6,10-12,16-17H,7-9H2,1-2H3. The lowest BCUT2D eigenvalue weighted by Gasteiger charge is -2.19. The lowest BCUT2D eigenvalue weighted by atomic mass is 9.95. The van der Waals surface area contributed by atoms with E-state index in [1.165, 1.54) is 10.9 Å². The highest BCUT2D eigenvalue weighted by Crippen LogP contribution is 2.38. The molecule has 1 aromatic carbocycles. The molecular formula is C16H21NO2. The quantitative estimate of drug-likeness (QED) is 0.912. The van der Waals surface area contributed by atoms with Gasteiger partial charge in [-0.2, -0.15) is 0 Å². The van der Waals surface area contributed by atoms with E-state index in [2.05, 4.69) is 31.3 Å². The van der Waals surface area contributed by atoms with Crippen LogP contribution < -0.4 is 5.32 Å². The maximum atomic E-state index is 5.95. The summed E-state index contributed by atoms with van der Waals surface area (Å²) in [5, 5.41) is 4.70. The van der Waals surface area contributed by atoms with Crippen molar-refractivity contribution in [2.45, 2.75) is 32.4 Å². The average molecular weight is 259 g/mol. The van der Waals surface area contributed by atoms with Crippen molar-refractivity contribution in [3.63, 3.8) is 0 Å². The van der Waals surface area contributed by atoms with Gasteiger partial charge in [-0.3, -0.25) is 0 Å². The fourth-order valence-corrected chi connectivity index (χ4v) is 2.79. The van der Waals surface area contributed by atoms with E-state index in [0.29, 0.717) is 12.0 Å². The van der Waals surface area contributed by atoms with E-state index < -0.39 is 0 Å². The first-order valence-corrected chi connectivity index (χ1v) is 7.07. The van der Waals surface area contributed by atoms with Gasteiger partial charge in [0.15, 0.2) is 0 Å². The molecule has 3 nitrogen and oxygen atoms in total. The largest absolute Gasteiger partial charge is 0.464 e. The van der Waals surface area contributed by atoms with E-state index in [9.17, 15) is 0 Å². The zero-order chi connectivity index (χ0) is 13.2. The molecular weight excluding hydrogens is 238 g/mol. The SMILES string of the molecule is CC(C)NCC1CCOC1c1coc2ccccc12. The first-order valence-electron chi connectivity index (χ1n) is 7.07. The van der Waals surface area contributed by atoms with Crippen molar-refractivity contribution in [3.8, 4) is 0 Å². The predicted molar refractivity (Wildman–Crippen MR) is 76.2 cm³/mol. The monoisotopic (exact) mass is 259 g/mol. The van der Waals surface area contributed by atoms with E-state index in [-0.39, 0.29) is 6.10 Å². The van der Waals surface area contributed by atoms with Gasteiger partial charge in [0, 0.05) is 36.1 Å². The van der Waals surface area contributed by atoms with Crippen molar-refractivity contribution in [2.24, 2.45) is 5.92 Å². The second-order valence-electron chi connectivity index (χ2n) is 5.59. The van der Waals surface area contributed by atoms with E-state index >= 15 is 0 Å². The van der Waals surface area contributed by atoms with E-state index in [1.54, 1.807) is 0 Å². The van der Waals surface area contributed by atoms with Crippen LogP contribution in [0.3, 0.4) is 0 Å². The molecule has 1 aromatic heterocycles. The predicted octanol–water partition coefficient (Wildman–Crippen LogP) is 3.51. The van der Waals surface area contributed by atoms with Gasteiger partial charge in [0.1, 0.15) is 5.58 Å². The average Bonchev–Trinajstić information content (AvgIpc) is 3.02. The van der Waals surface area contributed by atoms with Crippen LogP contribution in [0.1, 0.15) is 31.9 Å². The summed E-state index contributed by atoms with van der Waals surface area (Å²) < 4.78 is 11.6. The van der Waals surface area contributed by atoms with Crippen LogP contribution in [0.2, 0.25) is 0 Å². The molecule has 19 heavy (non-hydrogen) atoms. The van der Waals surface area contributed by atoms with E-state index in [1.807, 2.05) is 18.4 Å². The summed E-state index contributed by atoms with van der Waals surface area (Å²) in [6.45, 7) is 6.20. The van der Waals surface area contributed by atoms with Gasteiger partial charge < -0.3 is 14.5 Å². The van der Waals surface area contributed by atoms with Crippen LogP contribution in [0.25, 0.3) is 11.0 Å². The van der Waals surface area contributed by atoms with Crippen LogP contribution >= 0.6 is 0 Å². The normalized spacial score (nSPS) is 23.5. The number of ether oxygens (including phenoxy) is 1. The second-order valence-corrected chi connectivity index (χ2v) is 5.59. The van der Waals surface area contributed by atoms with Crippen molar-refractivity contribution >= 4 is 11.0 Å². The summed E-state index contributed by atoms with van der Waals surface area (Å²) in [7, 11) is 0. The minimum Gasteiger partial charge on any atom is -0.464 e. The van der Waals surface area contributed by atoms with Crippen LogP contribution in [0, 0.1) is 5.92 Å². The summed E-state index contributed by atoms with van der Waals surface area (Å²) in [5.74, 6) is 0.531. The lowest BCUT2D eigenvalue weighted by Crippen LogP contribution is -2.30. The molecule has 0 saturated carbocycles. The van der Waals surface area contributed by atoms with Crippen LogP contribution in [-0.4, -0.2) is 19.2 Å². The third kappa shape index (κ3) is 2.53. The van der Waals surface area contributed by atoms with Crippen LogP contribution in [0.5, 0.6) is 0 Å². The summed E-state index contributed by atoms with van der Waals surface area (Å²) >= 11 is 0.